The highest BCUT2D eigenvalue weighted by Gasteiger charge is 2.11. The van der Waals surface area contributed by atoms with Crippen LogP contribution in [0.5, 0.6) is 5.75 Å². The van der Waals surface area contributed by atoms with Crippen molar-refractivity contribution in [2.24, 2.45) is 0 Å². The SMILES string of the molecule is CN(CO)CCc1ccc2c(c1)CCO2. The number of benzene rings is 1. The fourth-order valence-corrected chi connectivity index (χ4v) is 1.79. The van der Waals surface area contributed by atoms with E-state index in [1.807, 2.05) is 11.9 Å². The van der Waals surface area contributed by atoms with Crippen molar-refractivity contribution in [2.45, 2.75) is 12.8 Å². The van der Waals surface area contributed by atoms with Gasteiger partial charge in [0, 0.05) is 13.0 Å². The average molecular weight is 207 g/mol. The minimum atomic E-state index is 0.119. The van der Waals surface area contributed by atoms with Gasteiger partial charge >= 0.3 is 0 Å². The van der Waals surface area contributed by atoms with E-state index in [9.17, 15) is 0 Å². The second kappa shape index (κ2) is 4.64. The second-order valence-corrected chi connectivity index (χ2v) is 4.01. The molecule has 0 saturated carbocycles. The Bertz CT molecular complexity index is 338. The van der Waals surface area contributed by atoms with Crippen LogP contribution in [0.2, 0.25) is 0 Å². The standard InChI is InChI=1S/C12H17NO2/c1-13(9-14)6-4-10-2-3-12-11(8-10)5-7-15-12/h2-3,8,14H,4-7,9H2,1H3. The highest BCUT2D eigenvalue weighted by Crippen LogP contribution is 2.25. The van der Waals surface area contributed by atoms with Crippen molar-refractivity contribution in [2.75, 3.05) is 26.9 Å². The number of aliphatic hydroxyl groups excluding tert-OH is 1. The summed E-state index contributed by atoms with van der Waals surface area (Å²) in [4.78, 5) is 1.89. The molecule has 1 N–H and O–H groups in total. The molecule has 3 nitrogen and oxygen atoms in total. The number of rotatable bonds is 4. The summed E-state index contributed by atoms with van der Waals surface area (Å²) in [6.45, 7) is 1.82. The van der Waals surface area contributed by atoms with Gasteiger partial charge < -0.3 is 9.84 Å². The van der Waals surface area contributed by atoms with Gasteiger partial charge in [-0.05, 0) is 30.7 Å². The molecule has 0 saturated heterocycles. The van der Waals surface area contributed by atoms with Crippen molar-refractivity contribution in [3.8, 4) is 5.75 Å². The van der Waals surface area contributed by atoms with Crippen LogP contribution in [0.3, 0.4) is 0 Å². The van der Waals surface area contributed by atoms with Gasteiger partial charge in [-0.15, -0.1) is 0 Å². The summed E-state index contributed by atoms with van der Waals surface area (Å²) in [5, 5.41) is 8.87. The van der Waals surface area contributed by atoms with Crippen molar-refractivity contribution < 1.29 is 9.84 Å². The number of nitrogens with zero attached hydrogens (tertiary/aromatic N) is 1. The maximum atomic E-state index is 8.87. The zero-order valence-corrected chi connectivity index (χ0v) is 9.07. The van der Waals surface area contributed by atoms with Gasteiger partial charge in [0.1, 0.15) is 5.75 Å². The molecule has 0 amide bonds. The van der Waals surface area contributed by atoms with E-state index in [1.165, 1.54) is 11.1 Å². The molecule has 1 heterocycles. The first-order chi connectivity index (χ1) is 7.29. The first kappa shape index (κ1) is 10.5. The first-order valence-electron chi connectivity index (χ1n) is 5.33. The highest BCUT2D eigenvalue weighted by atomic mass is 16.5. The van der Waals surface area contributed by atoms with E-state index >= 15 is 0 Å². The summed E-state index contributed by atoms with van der Waals surface area (Å²) >= 11 is 0. The molecule has 0 aliphatic carbocycles. The minimum absolute atomic E-state index is 0.119. The van der Waals surface area contributed by atoms with Gasteiger partial charge in [-0.3, -0.25) is 4.90 Å². The summed E-state index contributed by atoms with van der Waals surface area (Å²) < 4.78 is 5.45. The van der Waals surface area contributed by atoms with E-state index in [4.69, 9.17) is 9.84 Å². The molecule has 15 heavy (non-hydrogen) atoms. The first-order valence-corrected chi connectivity index (χ1v) is 5.33. The molecular weight excluding hydrogens is 190 g/mol. The van der Waals surface area contributed by atoms with Crippen molar-refractivity contribution in [1.82, 2.24) is 4.90 Å². The lowest BCUT2D eigenvalue weighted by molar-refractivity contribution is 0.134. The third-order valence-electron chi connectivity index (χ3n) is 2.78. The van der Waals surface area contributed by atoms with Crippen molar-refractivity contribution in [3.63, 3.8) is 0 Å². The van der Waals surface area contributed by atoms with Gasteiger partial charge in [0.15, 0.2) is 0 Å². The number of likely N-dealkylation sites (N-methyl/N-ethyl adjacent to an activating group) is 1. The predicted octanol–water partition coefficient (Wildman–Crippen LogP) is 1.05. The molecule has 0 aromatic heterocycles. The van der Waals surface area contributed by atoms with E-state index in [2.05, 4.69) is 18.2 Å². The van der Waals surface area contributed by atoms with Crippen LogP contribution in [-0.4, -0.2) is 36.9 Å². The number of hydrogen-bond donors (Lipinski definition) is 1. The topological polar surface area (TPSA) is 32.7 Å². The molecule has 0 fully saturated rings. The molecule has 0 unspecified atom stereocenters. The van der Waals surface area contributed by atoms with Gasteiger partial charge in [-0.2, -0.15) is 0 Å². The third-order valence-corrected chi connectivity index (χ3v) is 2.78. The Kier molecular flexibility index (Phi) is 3.23. The van der Waals surface area contributed by atoms with E-state index in [0.29, 0.717) is 0 Å². The highest BCUT2D eigenvalue weighted by molar-refractivity contribution is 5.39. The molecule has 0 spiro atoms. The molecule has 1 aromatic carbocycles. The molecule has 2 rings (SSSR count). The molecule has 0 bridgehead atoms. The number of aliphatic hydroxyl groups is 1. The Morgan fingerprint density at radius 1 is 1.47 bits per heavy atom. The average Bonchev–Trinajstić information content (AvgIpc) is 2.72. The zero-order chi connectivity index (χ0) is 10.7. The summed E-state index contributed by atoms with van der Waals surface area (Å²) in [5.74, 6) is 1.04. The molecule has 3 heteroatoms. The lowest BCUT2D eigenvalue weighted by Gasteiger charge is -2.12. The Balaban J connectivity index is 1.98. The Morgan fingerprint density at radius 2 is 2.33 bits per heavy atom. The zero-order valence-electron chi connectivity index (χ0n) is 9.07. The minimum Gasteiger partial charge on any atom is -0.493 e. The maximum absolute atomic E-state index is 8.87. The molecule has 0 atom stereocenters. The summed E-state index contributed by atoms with van der Waals surface area (Å²) in [6.07, 6.45) is 2.00. The lowest BCUT2D eigenvalue weighted by Crippen LogP contribution is -2.21. The molecular formula is C12H17NO2. The Labute approximate surface area is 90.3 Å². The second-order valence-electron chi connectivity index (χ2n) is 4.01. The van der Waals surface area contributed by atoms with Crippen LogP contribution < -0.4 is 4.74 Å². The van der Waals surface area contributed by atoms with Crippen LogP contribution in [-0.2, 0) is 12.8 Å². The smallest absolute Gasteiger partial charge is 0.122 e. The van der Waals surface area contributed by atoms with Crippen LogP contribution in [0.25, 0.3) is 0 Å². The van der Waals surface area contributed by atoms with Crippen LogP contribution in [0, 0.1) is 0 Å². The Hall–Kier alpha value is -1.06. The van der Waals surface area contributed by atoms with Gasteiger partial charge in [0.05, 0.1) is 13.3 Å². The van der Waals surface area contributed by atoms with Gasteiger partial charge in [-0.25, -0.2) is 0 Å². The van der Waals surface area contributed by atoms with Crippen molar-refractivity contribution >= 4 is 0 Å². The van der Waals surface area contributed by atoms with E-state index in [-0.39, 0.29) is 6.73 Å². The van der Waals surface area contributed by atoms with Crippen LogP contribution in [0.4, 0.5) is 0 Å². The number of fused-ring (bicyclic) bond motifs is 1. The molecule has 82 valence electrons. The number of hydrogen-bond acceptors (Lipinski definition) is 3. The van der Waals surface area contributed by atoms with Crippen LogP contribution in [0.1, 0.15) is 11.1 Å². The number of ether oxygens (including phenoxy) is 1. The van der Waals surface area contributed by atoms with Crippen LogP contribution in [0.15, 0.2) is 18.2 Å². The van der Waals surface area contributed by atoms with Gasteiger partial charge in [-0.1, -0.05) is 12.1 Å². The summed E-state index contributed by atoms with van der Waals surface area (Å²) in [6, 6.07) is 6.37. The molecule has 1 aliphatic rings. The summed E-state index contributed by atoms with van der Waals surface area (Å²) in [7, 11) is 1.91. The van der Waals surface area contributed by atoms with Crippen molar-refractivity contribution in [1.29, 1.82) is 0 Å². The van der Waals surface area contributed by atoms with E-state index in [1.54, 1.807) is 0 Å². The fraction of sp³-hybridized carbons (Fsp3) is 0.500. The van der Waals surface area contributed by atoms with Gasteiger partial charge in [0.25, 0.3) is 0 Å². The summed E-state index contributed by atoms with van der Waals surface area (Å²) in [5.41, 5.74) is 2.64. The quantitative estimate of drug-likeness (QED) is 0.749. The van der Waals surface area contributed by atoms with E-state index < -0.39 is 0 Å². The van der Waals surface area contributed by atoms with Crippen LogP contribution >= 0.6 is 0 Å². The fourth-order valence-electron chi connectivity index (χ4n) is 1.79. The normalized spacial score (nSPS) is 14.1. The van der Waals surface area contributed by atoms with Gasteiger partial charge in [0.2, 0.25) is 0 Å². The van der Waals surface area contributed by atoms with Crippen molar-refractivity contribution in [3.05, 3.63) is 29.3 Å². The van der Waals surface area contributed by atoms with E-state index in [0.717, 1.165) is 31.7 Å². The lowest BCUT2D eigenvalue weighted by atomic mass is 10.1. The molecule has 1 aromatic rings. The largest absolute Gasteiger partial charge is 0.493 e. The maximum Gasteiger partial charge on any atom is 0.122 e. The molecule has 1 aliphatic heterocycles. The Morgan fingerprint density at radius 3 is 3.13 bits per heavy atom. The molecule has 0 radical (unpaired) electrons. The monoisotopic (exact) mass is 207 g/mol. The predicted molar refractivity (Wildman–Crippen MR) is 59.1 cm³/mol. The third kappa shape index (κ3) is 2.49.